The molecule has 0 saturated carbocycles. The van der Waals surface area contributed by atoms with Gasteiger partial charge in [-0.2, -0.15) is 0 Å². The van der Waals surface area contributed by atoms with Crippen LogP contribution < -0.4 is 10.1 Å². The maximum absolute atomic E-state index is 11.7. The second-order valence-electron chi connectivity index (χ2n) is 4.30. The van der Waals surface area contributed by atoms with Crippen LogP contribution in [-0.2, 0) is 4.79 Å². The smallest absolute Gasteiger partial charge is 0.323 e. The Bertz CT molecular complexity index is 462. The summed E-state index contributed by atoms with van der Waals surface area (Å²) in [5.41, 5.74) is 1.10. The van der Waals surface area contributed by atoms with Crippen molar-refractivity contribution in [1.82, 2.24) is 10.2 Å². The Balaban J connectivity index is 2.29. The number of urea groups is 1. The van der Waals surface area contributed by atoms with Crippen molar-refractivity contribution in [2.75, 3.05) is 26.2 Å². The number of aliphatic carboxylic acids is 1. The molecule has 0 spiro atoms. The number of carboxylic acid groups (broad SMARTS) is 1. The second-order valence-corrected chi connectivity index (χ2v) is 4.30. The number of nitrogens with one attached hydrogen (secondary N) is 1. The highest BCUT2D eigenvalue weighted by atomic mass is 16.5. The van der Waals surface area contributed by atoms with E-state index in [1.165, 1.54) is 4.90 Å². The van der Waals surface area contributed by atoms with Crippen molar-refractivity contribution in [2.45, 2.75) is 13.8 Å². The topological polar surface area (TPSA) is 78.9 Å². The minimum absolute atomic E-state index is 0.304. The molecule has 0 saturated heterocycles. The lowest BCUT2D eigenvalue weighted by molar-refractivity contribution is -0.137. The van der Waals surface area contributed by atoms with Crippen LogP contribution >= 0.6 is 0 Å². The van der Waals surface area contributed by atoms with Crippen molar-refractivity contribution in [3.05, 3.63) is 29.8 Å². The number of likely N-dealkylation sites (N-methyl/N-ethyl adjacent to an activating group) is 1. The third-order valence-corrected chi connectivity index (χ3v) is 2.63. The number of aryl methyl sites for hydroxylation is 1. The van der Waals surface area contributed by atoms with Crippen molar-refractivity contribution in [3.63, 3.8) is 0 Å². The lowest BCUT2D eigenvalue weighted by Gasteiger charge is -2.19. The maximum atomic E-state index is 11.7. The molecule has 2 amide bonds. The zero-order chi connectivity index (χ0) is 15.0. The fourth-order valence-corrected chi connectivity index (χ4v) is 1.63. The molecule has 1 aromatic rings. The summed E-state index contributed by atoms with van der Waals surface area (Å²) in [5, 5.41) is 11.3. The molecule has 0 aliphatic rings. The first kappa shape index (κ1) is 15.8. The Labute approximate surface area is 118 Å². The zero-order valence-corrected chi connectivity index (χ0v) is 11.8. The fraction of sp³-hybridized carbons (Fsp3) is 0.429. The van der Waals surface area contributed by atoms with Crippen molar-refractivity contribution in [1.29, 1.82) is 0 Å². The highest BCUT2D eigenvalue weighted by Crippen LogP contribution is 2.11. The summed E-state index contributed by atoms with van der Waals surface area (Å²) >= 11 is 0. The molecule has 0 aromatic heterocycles. The third-order valence-electron chi connectivity index (χ3n) is 2.63. The highest BCUT2D eigenvalue weighted by molar-refractivity contribution is 5.79. The van der Waals surface area contributed by atoms with Gasteiger partial charge in [0.1, 0.15) is 18.9 Å². The summed E-state index contributed by atoms with van der Waals surface area (Å²) in [6.07, 6.45) is 0. The number of nitrogens with zero attached hydrogens (tertiary/aromatic N) is 1. The summed E-state index contributed by atoms with van der Waals surface area (Å²) in [6, 6.07) is 7.22. The van der Waals surface area contributed by atoms with Crippen LogP contribution in [0.5, 0.6) is 5.75 Å². The average molecular weight is 280 g/mol. The lowest BCUT2D eigenvalue weighted by atomic mass is 10.2. The van der Waals surface area contributed by atoms with Gasteiger partial charge in [0.15, 0.2) is 0 Å². The second kappa shape index (κ2) is 8.04. The molecule has 0 aliphatic carbocycles. The van der Waals surface area contributed by atoms with E-state index in [2.05, 4.69) is 5.32 Å². The van der Waals surface area contributed by atoms with Gasteiger partial charge in [-0.1, -0.05) is 12.1 Å². The molecule has 1 rings (SSSR count). The first-order chi connectivity index (χ1) is 9.52. The number of rotatable bonds is 7. The molecular weight excluding hydrogens is 260 g/mol. The molecule has 6 nitrogen and oxygen atoms in total. The van der Waals surface area contributed by atoms with Crippen molar-refractivity contribution in [3.8, 4) is 5.75 Å². The Morgan fingerprint density at radius 3 is 2.75 bits per heavy atom. The minimum Gasteiger partial charge on any atom is -0.492 e. The largest absolute Gasteiger partial charge is 0.492 e. The summed E-state index contributed by atoms with van der Waals surface area (Å²) < 4.78 is 5.48. The SMILES string of the molecule is CCN(CC(=O)O)C(=O)NCCOc1cccc(C)c1. The van der Waals surface area contributed by atoms with Crippen molar-refractivity contribution >= 4 is 12.0 Å². The number of carboxylic acids is 1. The molecule has 0 fully saturated rings. The Kier molecular flexibility index (Phi) is 6.36. The van der Waals surface area contributed by atoms with Crippen LogP contribution in [-0.4, -0.2) is 48.2 Å². The van der Waals surface area contributed by atoms with E-state index in [1.54, 1.807) is 6.92 Å². The van der Waals surface area contributed by atoms with E-state index in [4.69, 9.17) is 9.84 Å². The van der Waals surface area contributed by atoms with Gasteiger partial charge in [0.05, 0.1) is 6.54 Å². The zero-order valence-electron chi connectivity index (χ0n) is 11.8. The van der Waals surface area contributed by atoms with E-state index in [0.717, 1.165) is 11.3 Å². The average Bonchev–Trinajstić information content (AvgIpc) is 2.40. The number of hydrogen-bond acceptors (Lipinski definition) is 3. The molecular formula is C14H20N2O4. The van der Waals surface area contributed by atoms with E-state index >= 15 is 0 Å². The molecule has 0 atom stereocenters. The molecule has 6 heteroatoms. The lowest BCUT2D eigenvalue weighted by Crippen LogP contribution is -2.43. The number of carbonyl (C=O) groups is 2. The monoisotopic (exact) mass is 280 g/mol. The molecule has 0 bridgehead atoms. The molecule has 0 heterocycles. The van der Waals surface area contributed by atoms with Crippen LogP contribution in [0.2, 0.25) is 0 Å². The number of ether oxygens (including phenoxy) is 1. The Hall–Kier alpha value is -2.24. The van der Waals surface area contributed by atoms with Crippen LogP contribution in [0.25, 0.3) is 0 Å². The standard InChI is InChI=1S/C14H20N2O4/c1-3-16(10-13(17)18)14(19)15-7-8-20-12-6-4-5-11(2)9-12/h4-6,9H,3,7-8,10H2,1-2H3,(H,15,19)(H,17,18). The quantitative estimate of drug-likeness (QED) is 0.742. The van der Waals surface area contributed by atoms with Gasteiger partial charge in [-0.05, 0) is 31.5 Å². The molecule has 2 N–H and O–H groups in total. The Morgan fingerprint density at radius 2 is 2.15 bits per heavy atom. The van der Waals surface area contributed by atoms with Gasteiger partial charge in [-0.3, -0.25) is 4.79 Å². The van der Waals surface area contributed by atoms with Crippen LogP contribution in [0.3, 0.4) is 0 Å². The van der Waals surface area contributed by atoms with E-state index in [9.17, 15) is 9.59 Å². The normalized spacial score (nSPS) is 9.90. The van der Waals surface area contributed by atoms with E-state index in [0.29, 0.717) is 19.7 Å². The van der Waals surface area contributed by atoms with E-state index < -0.39 is 12.0 Å². The number of benzene rings is 1. The molecule has 20 heavy (non-hydrogen) atoms. The third kappa shape index (κ3) is 5.60. The number of amides is 2. The minimum atomic E-state index is -1.03. The first-order valence-electron chi connectivity index (χ1n) is 6.47. The van der Waals surface area contributed by atoms with Gasteiger partial charge >= 0.3 is 12.0 Å². The van der Waals surface area contributed by atoms with E-state index in [-0.39, 0.29) is 6.54 Å². The van der Waals surface area contributed by atoms with Gasteiger partial charge < -0.3 is 20.1 Å². The molecule has 110 valence electrons. The molecule has 0 unspecified atom stereocenters. The molecule has 0 radical (unpaired) electrons. The highest BCUT2D eigenvalue weighted by Gasteiger charge is 2.13. The van der Waals surface area contributed by atoms with Crippen LogP contribution in [0, 0.1) is 6.92 Å². The summed E-state index contributed by atoms with van der Waals surface area (Å²) in [7, 11) is 0. The van der Waals surface area contributed by atoms with Crippen molar-refractivity contribution in [2.24, 2.45) is 0 Å². The van der Waals surface area contributed by atoms with Gasteiger partial charge in [0.2, 0.25) is 0 Å². The number of hydrogen-bond donors (Lipinski definition) is 2. The van der Waals surface area contributed by atoms with Gasteiger partial charge in [-0.25, -0.2) is 4.79 Å². The summed E-state index contributed by atoms with van der Waals surface area (Å²) in [6.45, 7) is 4.39. The first-order valence-corrected chi connectivity index (χ1v) is 6.47. The van der Waals surface area contributed by atoms with Gasteiger partial charge in [0, 0.05) is 6.54 Å². The van der Waals surface area contributed by atoms with E-state index in [1.807, 2.05) is 31.2 Å². The Morgan fingerprint density at radius 1 is 1.40 bits per heavy atom. The van der Waals surface area contributed by atoms with Crippen LogP contribution in [0.1, 0.15) is 12.5 Å². The van der Waals surface area contributed by atoms with Gasteiger partial charge in [0.25, 0.3) is 0 Å². The fourth-order valence-electron chi connectivity index (χ4n) is 1.63. The number of carbonyl (C=O) groups excluding carboxylic acids is 1. The molecule has 1 aromatic carbocycles. The predicted molar refractivity (Wildman–Crippen MR) is 75.0 cm³/mol. The van der Waals surface area contributed by atoms with Gasteiger partial charge in [-0.15, -0.1) is 0 Å². The van der Waals surface area contributed by atoms with Crippen molar-refractivity contribution < 1.29 is 19.4 Å². The van der Waals surface area contributed by atoms with Crippen LogP contribution in [0.4, 0.5) is 4.79 Å². The maximum Gasteiger partial charge on any atom is 0.323 e. The predicted octanol–water partition coefficient (Wildman–Crippen LogP) is 1.49. The van der Waals surface area contributed by atoms with Crippen LogP contribution in [0.15, 0.2) is 24.3 Å². The summed E-state index contributed by atoms with van der Waals surface area (Å²) in [4.78, 5) is 23.5. The summed E-state index contributed by atoms with van der Waals surface area (Å²) in [5.74, 6) is -0.282. The molecule has 0 aliphatic heterocycles.